The summed E-state index contributed by atoms with van der Waals surface area (Å²) < 4.78 is 0. The molecule has 0 bridgehead atoms. The third-order valence-electron chi connectivity index (χ3n) is 5.06. The topological polar surface area (TPSA) is 60.9 Å². The van der Waals surface area contributed by atoms with E-state index in [1.807, 2.05) is 4.90 Å². The third kappa shape index (κ3) is 4.45. The van der Waals surface area contributed by atoms with Gasteiger partial charge in [-0.2, -0.15) is 0 Å². The molecule has 2 amide bonds. The molecule has 5 heteroatoms. The standard InChI is InChI=1S/C17H30N2O3/c1-13-8-14(11-17(2,3)10-13)9-15(21)18-4-6-19(7-5-18)16(22)12-20/h13-14,20H,4-12H2,1-3H3. The molecule has 1 N–H and O–H groups in total. The summed E-state index contributed by atoms with van der Waals surface area (Å²) in [5.41, 5.74) is 0.342. The second-order valence-corrected chi connectivity index (χ2v) is 7.90. The van der Waals surface area contributed by atoms with E-state index in [0.29, 0.717) is 49.9 Å². The molecule has 2 unspecified atom stereocenters. The van der Waals surface area contributed by atoms with E-state index in [9.17, 15) is 9.59 Å². The Balaban J connectivity index is 1.82. The van der Waals surface area contributed by atoms with Gasteiger partial charge in [0.25, 0.3) is 0 Å². The highest BCUT2D eigenvalue weighted by atomic mass is 16.3. The molecule has 0 aromatic carbocycles. The van der Waals surface area contributed by atoms with E-state index in [-0.39, 0.29) is 11.8 Å². The molecular formula is C17H30N2O3. The van der Waals surface area contributed by atoms with Gasteiger partial charge in [0, 0.05) is 32.6 Å². The highest BCUT2D eigenvalue weighted by Gasteiger charge is 2.34. The van der Waals surface area contributed by atoms with Crippen LogP contribution in [0.5, 0.6) is 0 Å². The number of rotatable bonds is 3. The minimum atomic E-state index is -0.441. The van der Waals surface area contributed by atoms with Gasteiger partial charge in [-0.25, -0.2) is 0 Å². The summed E-state index contributed by atoms with van der Waals surface area (Å²) in [6.45, 7) is 8.72. The van der Waals surface area contributed by atoms with E-state index in [0.717, 1.165) is 12.8 Å². The highest BCUT2D eigenvalue weighted by Crippen LogP contribution is 2.42. The maximum Gasteiger partial charge on any atom is 0.248 e. The molecule has 1 saturated carbocycles. The molecule has 0 aromatic rings. The molecule has 0 radical (unpaired) electrons. The molecule has 126 valence electrons. The smallest absolute Gasteiger partial charge is 0.248 e. The maximum atomic E-state index is 12.5. The number of aliphatic hydroxyl groups excluding tert-OH is 1. The number of nitrogens with zero attached hydrogens (tertiary/aromatic N) is 2. The van der Waals surface area contributed by atoms with Crippen LogP contribution in [0.25, 0.3) is 0 Å². The van der Waals surface area contributed by atoms with Crippen LogP contribution in [0.1, 0.15) is 46.5 Å². The van der Waals surface area contributed by atoms with Gasteiger partial charge in [0.05, 0.1) is 0 Å². The number of aliphatic hydroxyl groups is 1. The number of amides is 2. The van der Waals surface area contributed by atoms with Crippen LogP contribution < -0.4 is 0 Å². The van der Waals surface area contributed by atoms with Crippen molar-refractivity contribution in [3.8, 4) is 0 Å². The molecular weight excluding hydrogens is 280 g/mol. The normalized spacial score (nSPS) is 28.5. The minimum Gasteiger partial charge on any atom is -0.387 e. The van der Waals surface area contributed by atoms with E-state index in [1.54, 1.807) is 4.90 Å². The Kier molecular flexibility index (Phi) is 5.48. The minimum absolute atomic E-state index is 0.228. The second-order valence-electron chi connectivity index (χ2n) is 7.90. The number of hydrogen-bond donors (Lipinski definition) is 1. The van der Waals surface area contributed by atoms with Crippen LogP contribution in [0.15, 0.2) is 0 Å². The summed E-state index contributed by atoms with van der Waals surface area (Å²) in [4.78, 5) is 27.5. The van der Waals surface area contributed by atoms with Gasteiger partial charge in [0.2, 0.25) is 11.8 Å². The maximum absolute atomic E-state index is 12.5. The Morgan fingerprint density at radius 1 is 1.05 bits per heavy atom. The van der Waals surface area contributed by atoms with Gasteiger partial charge in [-0.05, 0) is 36.5 Å². The molecule has 2 rings (SSSR count). The first-order valence-electron chi connectivity index (χ1n) is 8.47. The van der Waals surface area contributed by atoms with E-state index in [2.05, 4.69) is 20.8 Å². The number of hydrogen-bond acceptors (Lipinski definition) is 3. The fourth-order valence-corrected chi connectivity index (χ4v) is 4.38. The van der Waals surface area contributed by atoms with Crippen LogP contribution in [-0.4, -0.2) is 59.5 Å². The molecule has 1 aliphatic heterocycles. The lowest BCUT2D eigenvalue weighted by Gasteiger charge is -2.40. The van der Waals surface area contributed by atoms with Gasteiger partial charge in [-0.3, -0.25) is 9.59 Å². The van der Waals surface area contributed by atoms with Crippen molar-refractivity contribution in [3.63, 3.8) is 0 Å². The molecule has 0 aromatic heterocycles. The molecule has 5 nitrogen and oxygen atoms in total. The average Bonchev–Trinajstić information content (AvgIpc) is 2.44. The van der Waals surface area contributed by atoms with Gasteiger partial charge in [-0.1, -0.05) is 20.8 Å². The zero-order valence-electron chi connectivity index (χ0n) is 14.2. The van der Waals surface area contributed by atoms with Crippen LogP contribution in [0.3, 0.4) is 0 Å². The quantitative estimate of drug-likeness (QED) is 0.859. The monoisotopic (exact) mass is 310 g/mol. The zero-order chi connectivity index (χ0) is 16.3. The van der Waals surface area contributed by atoms with Gasteiger partial charge in [0.1, 0.15) is 6.61 Å². The van der Waals surface area contributed by atoms with Crippen LogP contribution in [-0.2, 0) is 9.59 Å². The third-order valence-corrected chi connectivity index (χ3v) is 5.06. The summed E-state index contributed by atoms with van der Waals surface area (Å²) in [7, 11) is 0. The van der Waals surface area contributed by atoms with Crippen LogP contribution in [0.2, 0.25) is 0 Å². The number of carbonyl (C=O) groups excluding carboxylic acids is 2. The molecule has 1 heterocycles. The summed E-state index contributed by atoms with van der Waals surface area (Å²) in [5, 5.41) is 8.88. The van der Waals surface area contributed by atoms with E-state index >= 15 is 0 Å². The van der Waals surface area contributed by atoms with Crippen molar-refractivity contribution in [2.45, 2.75) is 46.5 Å². The van der Waals surface area contributed by atoms with E-state index in [4.69, 9.17) is 5.11 Å². The Morgan fingerprint density at radius 3 is 2.09 bits per heavy atom. The van der Waals surface area contributed by atoms with Gasteiger partial charge in [0.15, 0.2) is 0 Å². The molecule has 2 atom stereocenters. The summed E-state index contributed by atoms with van der Waals surface area (Å²) >= 11 is 0. The zero-order valence-corrected chi connectivity index (χ0v) is 14.2. The lowest BCUT2D eigenvalue weighted by molar-refractivity contribution is -0.142. The van der Waals surface area contributed by atoms with Crippen molar-refractivity contribution < 1.29 is 14.7 Å². The highest BCUT2D eigenvalue weighted by molar-refractivity contribution is 5.79. The van der Waals surface area contributed by atoms with Crippen LogP contribution in [0.4, 0.5) is 0 Å². The molecule has 22 heavy (non-hydrogen) atoms. The average molecular weight is 310 g/mol. The molecule has 1 aliphatic carbocycles. The predicted molar refractivity (Wildman–Crippen MR) is 85.1 cm³/mol. The molecule has 2 aliphatic rings. The van der Waals surface area contributed by atoms with Crippen molar-refractivity contribution in [2.75, 3.05) is 32.8 Å². The van der Waals surface area contributed by atoms with Crippen molar-refractivity contribution in [2.24, 2.45) is 17.3 Å². The summed E-state index contributed by atoms with van der Waals surface area (Å²) in [5.74, 6) is 1.17. The van der Waals surface area contributed by atoms with Crippen molar-refractivity contribution in [1.29, 1.82) is 0 Å². The Labute approximate surface area is 133 Å². The summed E-state index contributed by atoms with van der Waals surface area (Å²) in [6, 6.07) is 0. The van der Waals surface area contributed by atoms with Gasteiger partial charge < -0.3 is 14.9 Å². The largest absolute Gasteiger partial charge is 0.387 e. The van der Waals surface area contributed by atoms with Crippen LogP contribution in [0, 0.1) is 17.3 Å². The number of carbonyl (C=O) groups is 2. The summed E-state index contributed by atoms with van der Waals surface area (Å²) in [6.07, 6.45) is 4.17. The molecule has 2 fully saturated rings. The fourth-order valence-electron chi connectivity index (χ4n) is 4.38. The second kappa shape index (κ2) is 6.99. The molecule has 0 spiro atoms. The van der Waals surface area contributed by atoms with Crippen molar-refractivity contribution in [3.05, 3.63) is 0 Å². The van der Waals surface area contributed by atoms with Crippen molar-refractivity contribution in [1.82, 2.24) is 9.80 Å². The predicted octanol–water partition coefficient (Wildman–Crippen LogP) is 1.50. The lowest BCUT2D eigenvalue weighted by Crippen LogP contribution is -2.51. The first-order chi connectivity index (χ1) is 10.3. The number of piperazine rings is 1. The molecule has 1 saturated heterocycles. The Bertz CT molecular complexity index is 414. The van der Waals surface area contributed by atoms with E-state index in [1.165, 1.54) is 6.42 Å². The van der Waals surface area contributed by atoms with E-state index < -0.39 is 6.61 Å². The fraction of sp³-hybridized carbons (Fsp3) is 0.882. The first kappa shape index (κ1) is 17.3. The first-order valence-corrected chi connectivity index (χ1v) is 8.47. The van der Waals surface area contributed by atoms with Crippen molar-refractivity contribution >= 4 is 11.8 Å². The van der Waals surface area contributed by atoms with Gasteiger partial charge in [-0.15, -0.1) is 0 Å². The Hall–Kier alpha value is -1.10. The van der Waals surface area contributed by atoms with Crippen LogP contribution >= 0.6 is 0 Å². The lowest BCUT2D eigenvalue weighted by atomic mass is 9.67. The SMILES string of the molecule is CC1CC(CC(=O)N2CCN(C(=O)CO)CC2)CC(C)(C)C1. The Morgan fingerprint density at radius 2 is 1.59 bits per heavy atom. The van der Waals surface area contributed by atoms with Gasteiger partial charge >= 0.3 is 0 Å².